The van der Waals surface area contributed by atoms with Gasteiger partial charge >= 0.3 is 6.18 Å². The lowest BCUT2D eigenvalue weighted by Crippen LogP contribution is -2.34. The van der Waals surface area contributed by atoms with E-state index in [1.54, 1.807) is 11.0 Å². The lowest BCUT2D eigenvalue weighted by molar-refractivity contribution is -0.142. The zero-order valence-electron chi connectivity index (χ0n) is 16.0. The molecule has 3 aromatic heterocycles. The van der Waals surface area contributed by atoms with Gasteiger partial charge in [-0.05, 0) is 45.1 Å². The number of thiophene rings is 1. The van der Waals surface area contributed by atoms with Gasteiger partial charge in [0.25, 0.3) is 5.91 Å². The second-order valence-corrected chi connectivity index (χ2v) is 8.47. The molecule has 1 aliphatic rings. The highest BCUT2D eigenvalue weighted by Gasteiger charge is 2.36. The SMILES string of the molecule is Cc1ccc(-c2cc(C(F)(F)F)n3ncc(C(=O)N4CCCN(C)CC4)c3n2)s1. The Kier molecular flexibility index (Phi) is 5.07. The summed E-state index contributed by atoms with van der Waals surface area (Å²) in [6.45, 7) is 4.53. The Bertz CT molecular complexity index is 1060. The summed E-state index contributed by atoms with van der Waals surface area (Å²) in [6, 6.07) is 4.55. The second-order valence-electron chi connectivity index (χ2n) is 7.18. The van der Waals surface area contributed by atoms with E-state index in [1.807, 2.05) is 20.0 Å². The van der Waals surface area contributed by atoms with Crippen molar-refractivity contribution in [1.29, 1.82) is 0 Å². The van der Waals surface area contributed by atoms with Gasteiger partial charge in [-0.2, -0.15) is 18.3 Å². The Balaban J connectivity index is 1.82. The highest BCUT2D eigenvalue weighted by atomic mass is 32.1. The van der Waals surface area contributed by atoms with Crippen molar-refractivity contribution in [3.8, 4) is 10.6 Å². The predicted molar refractivity (Wildman–Crippen MR) is 104 cm³/mol. The molecule has 1 amide bonds. The molecular weight excluding hydrogens is 403 g/mol. The molecule has 0 N–H and O–H groups in total. The van der Waals surface area contributed by atoms with Crippen molar-refractivity contribution < 1.29 is 18.0 Å². The average molecular weight is 423 g/mol. The molecule has 0 bridgehead atoms. The van der Waals surface area contributed by atoms with Crippen LogP contribution in [0.4, 0.5) is 13.2 Å². The van der Waals surface area contributed by atoms with Crippen LogP contribution in [0.15, 0.2) is 24.4 Å². The van der Waals surface area contributed by atoms with Crippen LogP contribution in [-0.4, -0.2) is 63.5 Å². The molecule has 0 unspecified atom stereocenters. The molecule has 29 heavy (non-hydrogen) atoms. The van der Waals surface area contributed by atoms with Gasteiger partial charge in [0.2, 0.25) is 0 Å². The van der Waals surface area contributed by atoms with Crippen LogP contribution in [0.2, 0.25) is 0 Å². The number of aromatic nitrogens is 3. The first-order valence-electron chi connectivity index (χ1n) is 9.24. The summed E-state index contributed by atoms with van der Waals surface area (Å²) >= 11 is 1.36. The second kappa shape index (κ2) is 7.42. The van der Waals surface area contributed by atoms with Crippen molar-refractivity contribution in [2.75, 3.05) is 33.2 Å². The fourth-order valence-electron chi connectivity index (χ4n) is 3.43. The minimum atomic E-state index is -4.63. The Morgan fingerprint density at radius 1 is 1.17 bits per heavy atom. The molecule has 0 aliphatic carbocycles. The zero-order valence-corrected chi connectivity index (χ0v) is 16.8. The summed E-state index contributed by atoms with van der Waals surface area (Å²) in [5.41, 5.74) is -0.732. The van der Waals surface area contributed by atoms with Gasteiger partial charge in [0.1, 0.15) is 5.56 Å². The van der Waals surface area contributed by atoms with Gasteiger partial charge in [-0.15, -0.1) is 11.3 Å². The number of hydrogen-bond acceptors (Lipinski definition) is 5. The lowest BCUT2D eigenvalue weighted by Gasteiger charge is -2.20. The number of nitrogens with zero attached hydrogens (tertiary/aromatic N) is 5. The van der Waals surface area contributed by atoms with E-state index in [1.165, 1.54) is 17.5 Å². The minimum absolute atomic E-state index is 0.0662. The number of aryl methyl sites for hydroxylation is 1. The van der Waals surface area contributed by atoms with E-state index in [0.29, 0.717) is 24.5 Å². The molecule has 154 valence electrons. The molecule has 1 aliphatic heterocycles. The van der Waals surface area contributed by atoms with Gasteiger partial charge in [-0.25, -0.2) is 9.50 Å². The van der Waals surface area contributed by atoms with E-state index in [-0.39, 0.29) is 22.8 Å². The molecule has 6 nitrogen and oxygen atoms in total. The van der Waals surface area contributed by atoms with E-state index in [2.05, 4.69) is 15.0 Å². The van der Waals surface area contributed by atoms with E-state index in [4.69, 9.17) is 0 Å². The third-order valence-electron chi connectivity index (χ3n) is 4.99. The van der Waals surface area contributed by atoms with Crippen molar-refractivity contribution in [2.45, 2.75) is 19.5 Å². The Morgan fingerprint density at radius 2 is 1.97 bits per heavy atom. The largest absolute Gasteiger partial charge is 0.433 e. The maximum Gasteiger partial charge on any atom is 0.433 e. The van der Waals surface area contributed by atoms with Gasteiger partial charge in [-0.3, -0.25) is 4.79 Å². The molecular formula is C19H20F3N5OS. The number of hydrogen-bond donors (Lipinski definition) is 0. The third-order valence-corrected chi connectivity index (χ3v) is 6.02. The number of alkyl halides is 3. The van der Waals surface area contributed by atoms with Gasteiger partial charge in [-0.1, -0.05) is 0 Å². The van der Waals surface area contributed by atoms with Gasteiger partial charge in [0.05, 0.1) is 16.8 Å². The first-order chi connectivity index (χ1) is 13.7. The summed E-state index contributed by atoms with van der Waals surface area (Å²) in [6.07, 6.45) is -2.62. The number of carbonyl (C=O) groups is 1. The summed E-state index contributed by atoms with van der Waals surface area (Å²) < 4.78 is 41.8. The van der Waals surface area contributed by atoms with Crippen LogP contribution < -0.4 is 0 Å². The van der Waals surface area contributed by atoms with E-state index < -0.39 is 11.9 Å². The van der Waals surface area contributed by atoms with Crippen LogP contribution in [0.1, 0.15) is 27.3 Å². The molecule has 3 aromatic rings. The molecule has 1 saturated heterocycles. The monoisotopic (exact) mass is 423 g/mol. The van der Waals surface area contributed by atoms with Crippen LogP contribution in [-0.2, 0) is 6.18 Å². The first-order valence-corrected chi connectivity index (χ1v) is 10.1. The number of rotatable bonds is 2. The quantitative estimate of drug-likeness (QED) is 0.633. The molecule has 4 heterocycles. The first kappa shape index (κ1) is 19.8. The number of carbonyl (C=O) groups excluding carboxylic acids is 1. The number of likely N-dealkylation sites (N-methyl/N-ethyl adjacent to an activating group) is 1. The minimum Gasteiger partial charge on any atom is -0.337 e. The zero-order chi connectivity index (χ0) is 20.8. The smallest absolute Gasteiger partial charge is 0.337 e. The fraction of sp³-hybridized carbons (Fsp3) is 0.421. The molecule has 4 rings (SSSR count). The predicted octanol–water partition coefficient (Wildman–Crippen LogP) is 3.56. The Hall–Kier alpha value is -2.46. The van der Waals surface area contributed by atoms with Crippen LogP contribution in [0, 0.1) is 6.92 Å². The third kappa shape index (κ3) is 3.86. The number of halogens is 3. The normalized spacial score (nSPS) is 16.4. The standard InChI is InChI=1S/C19H20F3N5OS/c1-12-4-5-15(29-12)14-10-16(19(20,21)22)27-17(24-14)13(11-23-27)18(28)26-7-3-6-25(2)8-9-26/h4-5,10-11H,3,6-9H2,1-2H3. The summed E-state index contributed by atoms with van der Waals surface area (Å²) in [4.78, 5) is 22.9. The highest BCUT2D eigenvalue weighted by molar-refractivity contribution is 7.15. The van der Waals surface area contributed by atoms with Crippen LogP contribution in [0.5, 0.6) is 0 Å². The number of amides is 1. The summed E-state index contributed by atoms with van der Waals surface area (Å²) in [5, 5.41) is 3.86. The maximum atomic E-state index is 13.7. The lowest BCUT2D eigenvalue weighted by atomic mass is 10.2. The van der Waals surface area contributed by atoms with E-state index in [9.17, 15) is 18.0 Å². The van der Waals surface area contributed by atoms with Crippen LogP contribution in [0.3, 0.4) is 0 Å². The van der Waals surface area contributed by atoms with E-state index >= 15 is 0 Å². The van der Waals surface area contributed by atoms with Gasteiger partial charge in [0, 0.05) is 24.5 Å². The topological polar surface area (TPSA) is 53.7 Å². The summed E-state index contributed by atoms with van der Waals surface area (Å²) in [5.74, 6) is -0.338. The molecule has 0 radical (unpaired) electrons. The van der Waals surface area contributed by atoms with Crippen LogP contribution >= 0.6 is 11.3 Å². The van der Waals surface area contributed by atoms with Gasteiger partial charge < -0.3 is 9.80 Å². The van der Waals surface area contributed by atoms with Crippen molar-refractivity contribution in [2.24, 2.45) is 0 Å². The van der Waals surface area contributed by atoms with Crippen molar-refractivity contribution in [3.63, 3.8) is 0 Å². The molecule has 1 fully saturated rings. The van der Waals surface area contributed by atoms with Crippen molar-refractivity contribution in [1.82, 2.24) is 24.4 Å². The average Bonchev–Trinajstić information content (AvgIpc) is 3.22. The van der Waals surface area contributed by atoms with Crippen LogP contribution in [0.25, 0.3) is 16.2 Å². The Labute approximate surface area is 169 Å². The molecule has 0 spiro atoms. The maximum absolute atomic E-state index is 13.7. The van der Waals surface area contributed by atoms with E-state index in [0.717, 1.165) is 28.4 Å². The summed E-state index contributed by atoms with van der Waals surface area (Å²) in [7, 11) is 1.98. The highest BCUT2D eigenvalue weighted by Crippen LogP contribution is 2.34. The molecule has 0 aromatic carbocycles. The van der Waals surface area contributed by atoms with Gasteiger partial charge in [0.15, 0.2) is 11.3 Å². The molecule has 10 heteroatoms. The molecule has 0 saturated carbocycles. The Morgan fingerprint density at radius 3 is 2.66 bits per heavy atom. The number of fused-ring (bicyclic) bond motifs is 1. The fourth-order valence-corrected chi connectivity index (χ4v) is 4.26. The molecule has 0 atom stereocenters. The van der Waals surface area contributed by atoms with Crippen molar-refractivity contribution in [3.05, 3.63) is 40.5 Å². The van der Waals surface area contributed by atoms with Crippen molar-refractivity contribution >= 4 is 22.9 Å².